The van der Waals surface area contributed by atoms with E-state index in [4.69, 9.17) is 4.74 Å². The molecule has 0 spiro atoms. The van der Waals surface area contributed by atoms with E-state index in [9.17, 15) is 18.8 Å². The summed E-state index contributed by atoms with van der Waals surface area (Å²) >= 11 is 0. The SMILES string of the molecule is CCOC1CC1NC(=O)c1c[nH]c(=O)c(C(=O)N(C)Cc2ccc(F)cc2)c1. The predicted molar refractivity (Wildman–Crippen MR) is 101 cm³/mol. The Morgan fingerprint density at radius 2 is 2.04 bits per heavy atom. The van der Waals surface area contributed by atoms with E-state index in [1.54, 1.807) is 12.1 Å². The van der Waals surface area contributed by atoms with E-state index in [2.05, 4.69) is 10.3 Å². The highest BCUT2D eigenvalue weighted by Crippen LogP contribution is 2.25. The lowest BCUT2D eigenvalue weighted by Gasteiger charge is -2.17. The zero-order valence-corrected chi connectivity index (χ0v) is 15.7. The molecular formula is C20H22FN3O4. The van der Waals surface area contributed by atoms with Crippen molar-refractivity contribution in [1.29, 1.82) is 0 Å². The van der Waals surface area contributed by atoms with Gasteiger partial charge < -0.3 is 19.9 Å². The molecule has 0 aliphatic heterocycles. The van der Waals surface area contributed by atoms with Crippen LogP contribution in [0.5, 0.6) is 0 Å². The number of carbonyl (C=O) groups is 2. The minimum absolute atomic E-state index is 0.0136. The number of hydrogen-bond donors (Lipinski definition) is 2. The van der Waals surface area contributed by atoms with Crippen molar-refractivity contribution in [3.63, 3.8) is 0 Å². The van der Waals surface area contributed by atoms with Crippen LogP contribution in [0.25, 0.3) is 0 Å². The maximum atomic E-state index is 13.0. The molecule has 2 atom stereocenters. The number of H-pyrrole nitrogens is 1. The Balaban J connectivity index is 1.69. The summed E-state index contributed by atoms with van der Waals surface area (Å²) in [6.07, 6.45) is 2.04. The van der Waals surface area contributed by atoms with Crippen LogP contribution in [0.4, 0.5) is 4.39 Å². The third-order valence-corrected chi connectivity index (χ3v) is 4.50. The molecule has 2 amide bonds. The van der Waals surface area contributed by atoms with Crippen molar-refractivity contribution in [1.82, 2.24) is 15.2 Å². The fourth-order valence-electron chi connectivity index (χ4n) is 2.89. The van der Waals surface area contributed by atoms with Gasteiger partial charge in [-0.3, -0.25) is 14.4 Å². The zero-order chi connectivity index (χ0) is 20.3. The molecule has 1 heterocycles. The van der Waals surface area contributed by atoms with E-state index in [0.29, 0.717) is 6.61 Å². The molecule has 2 N–H and O–H groups in total. The van der Waals surface area contributed by atoms with Gasteiger partial charge in [-0.2, -0.15) is 0 Å². The molecular weight excluding hydrogens is 365 g/mol. The minimum atomic E-state index is -0.578. The van der Waals surface area contributed by atoms with Gasteiger partial charge in [-0.15, -0.1) is 0 Å². The van der Waals surface area contributed by atoms with Crippen LogP contribution in [-0.2, 0) is 11.3 Å². The number of aromatic nitrogens is 1. The normalized spacial score (nSPS) is 17.8. The van der Waals surface area contributed by atoms with E-state index in [0.717, 1.165) is 12.0 Å². The Labute approximate surface area is 161 Å². The number of rotatable bonds is 7. The van der Waals surface area contributed by atoms with Gasteiger partial charge >= 0.3 is 0 Å². The molecule has 28 heavy (non-hydrogen) atoms. The summed E-state index contributed by atoms with van der Waals surface area (Å²) in [6.45, 7) is 2.67. The molecule has 1 aliphatic carbocycles. The van der Waals surface area contributed by atoms with Crippen molar-refractivity contribution in [2.24, 2.45) is 0 Å². The smallest absolute Gasteiger partial charge is 0.260 e. The van der Waals surface area contributed by atoms with Crippen LogP contribution in [-0.4, -0.2) is 47.5 Å². The third kappa shape index (κ3) is 4.64. The Kier molecular flexibility index (Phi) is 5.89. The summed E-state index contributed by atoms with van der Waals surface area (Å²) in [7, 11) is 1.54. The number of halogens is 1. The van der Waals surface area contributed by atoms with Gasteiger partial charge in [0.25, 0.3) is 17.4 Å². The number of aromatic amines is 1. The van der Waals surface area contributed by atoms with Gasteiger partial charge in [0, 0.05) is 26.4 Å². The van der Waals surface area contributed by atoms with Gasteiger partial charge in [-0.05, 0) is 37.1 Å². The first kappa shape index (κ1) is 19.8. The summed E-state index contributed by atoms with van der Waals surface area (Å²) in [6, 6.07) is 6.97. The van der Waals surface area contributed by atoms with Crippen molar-refractivity contribution < 1.29 is 18.7 Å². The summed E-state index contributed by atoms with van der Waals surface area (Å²) < 4.78 is 18.4. The fourth-order valence-corrected chi connectivity index (χ4v) is 2.89. The highest BCUT2D eigenvalue weighted by atomic mass is 19.1. The summed E-state index contributed by atoms with van der Waals surface area (Å²) in [5, 5.41) is 2.82. The first-order valence-electron chi connectivity index (χ1n) is 9.04. The Hall–Kier alpha value is -3.00. The van der Waals surface area contributed by atoms with E-state index >= 15 is 0 Å². The molecule has 0 radical (unpaired) electrons. The zero-order valence-electron chi connectivity index (χ0n) is 15.7. The van der Waals surface area contributed by atoms with Gasteiger partial charge in [0.05, 0.1) is 17.7 Å². The largest absolute Gasteiger partial charge is 0.376 e. The van der Waals surface area contributed by atoms with Crippen LogP contribution in [0.1, 0.15) is 39.6 Å². The lowest BCUT2D eigenvalue weighted by atomic mass is 10.1. The van der Waals surface area contributed by atoms with Crippen LogP contribution in [0.3, 0.4) is 0 Å². The molecule has 0 saturated heterocycles. The lowest BCUT2D eigenvalue weighted by Crippen LogP contribution is -2.33. The summed E-state index contributed by atoms with van der Waals surface area (Å²) in [5.41, 5.74) is 0.207. The molecule has 0 bridgehead atoms. The Morgan fingerprint density at radius 3 is 2.71 bits per heavy atom. The number of pyridine rings is 1. The van der Waals surface area contributed by atoms with Crippen LogP contribution in [0.2, 0.25) is 0 Å². The van der Waals surface area contributed by atoms with Gasteiger partial charge in [0.1, 0.15) is 11.4 Å². The summed E-state index contributed by atoms with van der Waals surface area (Å²) in [5.74, 6) is -1.27. The molecule has 8 heteroatoms. The number of ether oxygens (including phenoxy) is 1. The van der Waals surface area contributed by atoms with Crippen molar-refractivity contribution in [3.8, 4) is 0 Å². The topological polar surface area (TPSA) is 91.5 Å². The fraction of sp³-hybridized carbons (Fsp3) is 0.350. The van der Waals surface area contributed by atoms with Gasteiger partial charge in [0.15, 0.2) is 0 Å². The van der Waals surface area contributed by atoms with E-state index in [1.807, 2.05) is 6.92 Å². The molecule has 148 valence electrons. The lowest BCUT2D eigenvalue weighted by molar-refractivity contribution is 0.0783. The molecule has 1 aromatic heterocycles. The van der Waals surface area contributed by atoms with Crippen molar-refractivity contribution >= 4 is 11.8 Å². The van der Waals surface area contributed by atoms with Crippen LogP contribution < -0.4 is 10.9 Å². The van der Waals surface area contributed by atoms with E-state index < -0.39 is 11.5 Å². The second-order valence-corrected chi connectivity index (χ2v) is 6.73. The van der Waals surface area contributed by atoms with Crippen LogP contribution in [0.15, 0.2) is 41.3 Å². The minimum Gasteiger partial charge on any atom is -0.376 e. The van der Waals surface area contributed by atoms with Crippen LogP contribution >= 0.6 is 0 Å². The Bertz CT molecular complexity index is 926. The number of nitrogens with one attached hydrogen (secondary N) is 2. The highest BCUT2D eigenvalue weighted by Gasteiger charge is 2.39. The molecule has 1 fully saturated rings. The number of nitrogens with zero attached hydrogens (tertiary/aromatic N) is 1. The third-order valence-electron chi connectivity index (χ3n) is 4.50. The molecule has 1 aliphatic rings. The average Bonchev–Trinajstić information content (AvgIpc) is 3.41. The maximum Gasteiger partial charge on any atom is 0.260 e. The number of benzene rings is 1. The highest BCUT2D eigenvalue weighted by molar-refractivity contribution is 5.99. The first-order valence-corrected chi connectivity index (χ1v) is 9.04. The second kappa shape index (κ2) is 8.35. The molecule has 1 aromatic carbocycles. The molecule has 7 nitrogen and oxygen atoms in total. The first-order chi connectivity index (χ1) is 13.4. The average molecular weight is 387 g/mol. The maximum absolute atomic E-state index is 13.0. The van der Waals surface area contributed by atoms with Crippen molar-refractivity contribution in [2.75, 3.05) is 13.7 Å². The number of carbonyl (C=O) groups excluding carboxylic acids is 2. The monoisotopic (exact) mass is 387 g/mol. The van der Waals surface area contributed by atoms with Gasteiger partial charge in [0.2, 0.25) is 0 Å². The predicted octanol–water partition coefficient (Wildman–Crippen LogP) is 1.69. The van der Waals surface area contributed by atoms with Crippen LogP contribution in [0, 0.1) is 5.82 Å². The number of amides is 2. The van der Waals surface area contributed by atoms with Crippen molar-refractivity contribution in [2.45, 2.75) is 32.0 Å². The van der Waals surface area contributed by atoms with E-state index in [1.165, 1.54) is 36.3 Å². The Morgan fingerprint density at radius 1 is 1.32 bits per heavy atom. The summed E-state index contributed by atoms with van der Waals surface area (Å²) in [4.78, 5) is 40.9. The van der Waals surface area contributed by atoms with Gasteiger partial charge in [-0.25, -0.2) is 4.39 Å². The van der Waals surface area contributed by atoms with Crippen molar-refractivity contribution in [3.05, 3.63) is 69.4 Å². The molecule has 1 saturated carbocycles. The molecule has 2 unspecified atom stereocenters. The standard InChI is InChI=1S/C20H22FN3O4/c1-3-28-17-9-16(17)23-18(25)13-8-15(19(26)22-10-13)20(27)24(2)11-12-4-6-14(21)7-5-12/h4-8,10,16-17H,3,9,11H2,1-2H3,(H,22,26)(H,23,25). The molecule has 3 rings (SSSR count). The quantitative estimate of drug-likeness (QED) is 0.756. The molecule has 2 aromatic rings. The van der Waals surface area contributed by atoms with E-state index in [-0.39, 0.29) is 41.5 Å². The second-order valence-electron chi connectivity index (χ2n) is 6.73. The van der Waals surface area contributed by atoms with Gasteiger partial charge in [-0.1, -0.05) is 12.1 Å². The number of hydrogen-bond acceptors (Lipinski definition) is 4.